The van der Waals surface area contributed by atoms with Crippen LogP contribution in [-0.4, -0.2) is 45.1 Å². The van der Waals surface area contributed by atoms with Gasteiger partial charge in [0.15, 0.2) is 0 Å². The first-order valence-electron chi connectivity index (χ1n) is 5.53. The van der Waals surface area contributed by atoms with Crippen LogP contribution in [0.1, 0.15) is 25.7 Å². The molecule has 90 valence electrons. The van der Waals surface area contributed by atoms with Gasteiger partial charge in [-0.15, -0.1) is 11.8 Å². The third kappa shape index (κ3) is 2.04. The van der Waals surface area contributed by atoms with Gasteiger partial charge in [-0.05, 0) is 31.4 Å². The third-order valence-electron chi connectivity index (χ3n) is 3.17. The fraction of sp³-hybridized carbons (Fsp3) is 0.800. The van der Waals surface area contributed by atoms with Gasteiger partial charge in [-0.2, -0.15) is 0 Å². The van der Waals surface area contributed by atoms with Crippen molar-refractivity contribution in [2.45, 2.75) is 43.1 Å². The molecule has 5 nitrogen and oxygen atoms in total. The Bertz CT molecular complexity index is 310. The monoisotopic (exact) mass is 244 g/mol. The smallest absolute Gasteiger partial charge is 0.326 e. The molecular weight excluding hydrogens is 228 g/mol. The van der Waals surface area contributed by atoms with Crippen molar-refractivity contribution in [2.24, 2.45) is 5.73 Å². The first kappa shape index (κ1) is 11.7. The molecule has 0 spiro atoms. The summed E-state index contributed by atoms with van der Waals surface area (Å²) < 4.78 is 0. The molecule has 0 aromatic rings. The van der Waals surface area contributed by atoms with E-state index < -0.39 is 18.1 Å². The zero-order chi connectivity index (χ0) is 11.7. The van der Waals surface area contributed by atoms with Crippen molar-refractivity contribution in [1.29, 1.82) is 0 Å². The first-order valence-corrected chi connectivity index (χ1v) is 6.58. The van der Waals surface area contributed by atoms with Gasteiger partial charge < -0.3 is 15.7 Å². The topological polar surface area (TPSA) is 83.6 Å². The molecule has 2 aliphatic rings. The quantitative estimate of drug-likeness (QED) is 0.690. The van der Waals surface area contributed by atoms with Crippen LogP contribution in [0.15, 0.2) is 0 Å². The van der Waals surface area contributed by atoms with E-state index in [1.54, 1.807) is 11.8 Å². The maximum Gasteiger partial charge on any atom is 0.326 e. The van der Waals surface area contributed by atoms with E-state index in [9.17, 15) is 9.59 Å². The fourth-order valence-electron chi connectivity index (χ4n) is 2.32. The Morgan fingerprint density at radius 2 is 2.19 bits per heavy atom. The minimum absolute atomic E-state index is 0.0101. The van der Waals surface area contributed by atoms with Crippen LogP contribution in [0.3, 0.4) is 0 Å². The fourth-order valence-corrected chi connectivity index (χ4v) is 3.70. The van der Waals surface area contributed by atoms with Gasteiger partial charge in [-0.25, -0.2) is 4.79 Å². The number of thioether (sulfide) groups is 1. The van der Waals surface area contributed by atoms with E-state index >= 15 is 0 Å². The number of aliphatic carboxylic acids is 1. The van der Waals surface area contributed by atoms with E-state index in [2.05, 4.69) is 0 Å². The van der Waals surface area contributed by atoms with E-state index in [1.165, 1.54) is 4.90 Å². The molecule has 16 heavy (non-hydrogen) atoms. The SMILES string of the molecule is NC1CCCC2SCCC(C(=O)O)N2C1=O. The van der Waals surface area contributed by atoms with Gasteiger partial charge in [0.25, 0.3) is 0 Å². The molecule has 6 heteroatoms. The second kappa shape index (κ2) is 4.63. The predicted octanol–water partition coefficient (Wildman–Crippen LogP) is 0.242. The molecule has 2 heterocycles. The summed E-state index contributed by atoms with van der Waals surface area (Å²) in [7, 11) is 0. The number of hydrogen-bond donors (Lipinski definition) is 2. The number of carbonyl (C=O) groups excluding carboxylic acids is 1. The lowest BCUT2D eigenvalue weighted by Gasteiger charge is -2.39. The van der Waals surface area contributed by atoms with Crippen LogP contribution < -0.4 is 5.73 Å². The number of nitrogens with zero attached hydrogens (tertiary/aromatic N) is 1. The zero-order valence-electron chi connectivity index (χ0n) is 8.96. The molecule has 2 rings (SSSR count). The van der Waals surface area contributed by atoms with Crippen LogP contribution in [0, 0.1) is 0 Å². The lowest BCUT2D eigenvalue weighted by molar-refractivity contribution is -0.151. The standard InChI is InChI=1S/C10H16N2O3S/c11-6-2-1-3-8-12(9(6)13)7(10(14)15)4-5-16-8/h6-8H,1-5,11H2,(H,14,15). The Labute approximate surface area is 98.4 Å². The maximum atomic E-state index is 12.0. The number of rotatable bonds is 1. The van der Waals surface area contributed by atoms with Crippen molar-refractivity contribution in [1.82, 2.24) is 4.90 Å². The van der Waals surface area contributed by atoms with Crippen molar-refractivity contribution in [3.8, 4) is 0 Å². The molecule has 3 unspecified atom stereocenters. The van der Waals surface area contributed by atoms with Crippen LogP contribution in [0.2, 0.25) is 0 Å². The van der Waals surface area contributed by atoms with Gasteiger partial charge in [0.05, 0.1) is 11.4 Å². The summed E-state index contributed by atoms with van der Waals surface area (Å²) in [5.41, 5.74) is 5.75. The molecule has 1 amide bonds. The normalized spacial score (nSPS) is 35.4. The van der Waals surface area contributed by atoms with E-state index in [4.69, 9.17) is 10.8 Å². The molecule has 0 saturated carbocycles. The van der Waals surface area contributed by atoms with Gasteiger partial charge in [0.1, 0.15) is 6.04 Å². The van der Waals surface area contributed by atoms with Crippen LogP contribution in [-0.2, 0) is 9.59 Å². The maximum absolute atomic E-state index is 12.0. The molecule has 2 saturated heterocycles. The van der Waals surface area contributed by atoms with E-state index in [1.807, 2.05) is 0 Å². The molecule has 2 aliphatic heterocycles. The molecule has 0 bridgehead atoms. The zero-order valence-corrected chi connectivity index (χ0v) is 9.78. The lowest BCUT2D eigenvalue weighted by Crippen LogP contribution is -2.55. The Morgan fingerprint density at radius 1 is 1.44 bits per heavy atom. The molecule has 3 N–H and O–H groups in total. The van der Waals surface area contributed by atoms with Crippen LogP contribution in [0.5, 0.6) is 0 Å². The highest BCUT2D eigenvalue weighted by atomic mass is 32.2. The Kier molecular flexibility index (Phi) is 3.39. The Hall–Kier alpha value is -0.750. The van der Waals surface area contributed by atoms with Crippen LogP contribution in [0.4, 0.5) is 0 Å². The highest BCUT2D eigenvalue weighted by Gasteiger charge is 2.41. The summed E-state index contributed by atoms with van der Waals surface area (Å²) in [5.74, 6) is -0.296. The molecular formula is C10H16N2O3S. The van der Waals surface area contributed by atoms with Gasteiger partial charge in [-0.1, -0.05) is 0 Å². The average Bonchev–Trinajstić information content (AvgIpc) is 2.40. The third-order valence-corrected chi connectivity index (χ3v) is 4.49. The molecule has 2 fully saturated rings. The summed E-state index contributed by atoms with van der Waals surface area (Å²) in [5, 5.41) is 9.14. The molecule has 0 aromatic heterocycles. The predicted molar refractivity (Wildman–Crippen MR) is 61.0 cm³/mol. The highest BCUT2D eigenvalue weighted by Crippen LogP contribution is 2.33. The number of carboxylic acid groups (broad SMARTS) is 1. The number of hydrogen-bond acceptors (Lipinski definition) is 4. The summed E-state index contributed by atoms with van der Waals surface area (Å²) in [4.78, 5) is 24.7. The summed E-state index contributed by atoms with van der Waals surface area (Å²) >= 11 is 1.67. The molecule has 0 aliphatic carbocycles. The lowest BCUT2D eigenvalue weighted by atomic mass is 10.1. The number of amides is 1. The largest absolute Gasteiger partial charge is 0.480 e. The van der Waals surface area contributed by atoms with Crippen molar-refractivity contribution in [2.75, 3.05) is 5.75 Å². The van der Waals surface area contributed by atoms with Crippen molar-refractivity contribution >= 4 is 23.6 Å². The minimum Gasteiger partial charge on any atom is -0.480 e. The van der Waals surface area contributed by atoms with E-state index in [0.29, 0.717) is 12.8 Å². The van der Waals surface area contributed by atoms with Crippen molar-refractivity contribution < 1.29 is 14.7 Å². The van der Waals surface area contributed by atoms with E-state index in [-0.39, 0.29) is 11.3 Å². The molecule has 0 radical (unpaired) electrons. The van der Waals surface area contributed by atoms with Gasteiger partial charge in [0, 0.05) is 0 Å². The summed E-state index contributed by atoms with van der Waals surface area (Å²) in [6.45, 7) is 0. The minimum atomic E-state index is -0.909. The Morgan fingerprint density at radius 3 is 2.88 bits per heavy atom. The number of carboxylic acids is 1. The summed E-state index contributed by atoms with van der Waals surface area (Å²) in [6.07, 6.45) is 2.94. The van der Waals surface area contributed by atoms with Gasteiger partial charge >= 0.3 is 5.97 Å². The second-order valence-corrected chi connectivity index (χ2v) is 5.54. The molecule has 0 aromatic carbocycles. The Balaban J connectivity index is 2.25. The second-order valence-electron chi connectivity index (χ2n) is 4.25. The van der Waals surface area contributed by atoms with Crippen LogP contribution >= 0.6 is 11.8 Å². The van der Waals surface area contributed by atoms with Crippen molar-refractivity contribution in [3.05, 3.63) is 0 Å². The van der Waals surface area contributed by atoms with E-state index in [0.717, 1.165) is 18.6 Å². The first-order chi connectivity index (χ1) is 7.61. The number of fused-ring (bicyclic) bond motifs is 1. The highest BCUT2D eigenvalue weighted by molar-refractivity contribution is 7.99. The van der Waals surface area contributed by atoms with Gasteiger partial charge in [-0.3, -0.25) is 4.79 Å². The van der Waals surface area contributed by atoms with Crippen LogP contribution in [0.25, 0.3) is 0 Å². The number of carbonyl (C=O) groups is 2. The van der Waals surface area contributed by atoms with Crippen molar-refractivity contribution in [3.63, 3.8) is 0 Å². The molecule has 3 atom stereocenters. The summed E-state index contributed by atoms with van der Waals surface area (Å²) in [6, 6.07) is -1.20. The average molecular weight is 244 g/mol. The number of nitrogens with two attached hydrogens (primary N) is 1. The van der Waals surface area contributed by atoms with Gasteiger partial charge in [0.2, 0.25) is 5.91 Å².